The second-order valence-corrected chi connectivity index (χ2v) is 9.20. The molecule has 0 N–H and O–H groups in total. The van der Waals surface area contributed by atoms with Crippen LogP contribution in [0.3, 0.4) is 0 Å². The van der Waals surface area contributed by atoms with Crippen molar-refractivity contribution in [3.05, 3.63) is 45.6 Å². The monoisotopic (exact) mass is 451 g/mol. The number of carbonyl (C=O) groups excluding carboxylic acids is 1. The minimum Gasteiger partial charge on any atom is -0.436 e. The molecule has 11 heteroatoms. The van der Waals surface area contributed by atoms with E-state index in [2.05, 4.69) is 9.88 Å². The van der Waals surface area contributed by atoms with E-state index in [4.69, 9.17) is 16.3 Å². The van der Waals surface area contributed by atoms with Gasteiger partial charge < -0.3 is 19.8 Å². The molecule has 1 amide bonds. The van der Waals surface area contributed by atoms with E-state index in [1.54, 1.807) is 4.57 Å². The van der Waals surface area contributed by atoms with Crippen molar-refractivity contribution >= 4 is 35.1 Å². The zero-order valence-corrected chi connectivity index (χ0v) is 18.1. The van der Waals surface area contributed by atoms with E-state index in [0.29, 0.717) is 37.0 Å². The molecule has 30 heavy (non-hydrogen) atoms. The number of halogens is 1. The Morgan fingerprint density at radius 3 is 2.63 bits per heavy atom. The van der Waals surface area contributed by atoms with Gasteiger partial charge >= 0.3 is 11.8 Å². The minimum atomic E-state index is -0.520. The minimum absolute atomic E-state index is 0.130. The maximum atomic E-state index is 12.5. The average Bonchev–Trinajstić information content (AvgIpc) is 3.23. The molecule has 0 unspecified atom stereocenters. The van der Waals surface area contributed by atoms with Gasteiger partial charge in [-0.1, -0.05) is 11.6 Å². The van der Waals surface area contributed by atoms with E-state index in [9.17, 15) is 14.9 Å². The predicted octanol–water partition coefficient (Wildman–Crippen LogP) is 2.53. The lowest BCUT2D eigenvalue weighted by Gasteiger charge is -2.38. The molecule has 0 radical (unpaired) electrons. The van der Waals surface area contributed by atoms with Crippen LogP contribution in [0.1, 0.15) is 6.92 Å². The van der Waals surface area contributed by atoms with Crippen molar-refractivity contribution in [2.75, 3.05) is 38.5 Å². The van der Waals surface area contributed by atoms with Crippen molar-refractivity contribution in [2.45, 2.75) is 24.0 Å². The Labute approximate surface area is 183 Å². The molecule has 9 nitrogen and oxygen atoms in total. The predicted molar refractivity (Wildman–Crippen MR) is 113 cm³/mol. The van der Waals surface area contributed by atoms with Gasteiger partial charge in [0.1, 0.15) is 11.8 Å². The largest absolute Gasteiger partial charge is 0.436 e. The smallest absolute Gasteiger partial charge is 0.415 e. The van der Waals surface area contributed by atoms with E-state index < -0.39 is 10.5 Å². The van der Waals surface area contributed by atoms with Crippen LogP contribution in [0.5, 0.6) is 6.01 Å². The van der Waals surface area contributed by atoms with Gasteiger partial charge in [0.15, 0.2) is 0 Å². The molecule has 1 aromatic carbocycles. The third-order valence-corrected chi connectivity index (χ3v) is 6.46. The number of aromatic nitrogens is 2. The molecule has 0 aliphatic carbocycles. The summed E-state index contributed by atoms with van der Waals surface area (Å²) < 4.78 is 7.60. The third-order valence-electron chi connectivity index (χ3n) is 5.22. The van der Waals surface area contributed by atoms with Gasteiger partial charge in [0.05, 0.1) is 12.3 Å². The number of rotatable bonds is 6. The highest BCUT2D eigenvalue weighted by molar-refractivity contribution is 8.00. The summed E-state index contributed by atoms with van der Waals surface area (Å²) in [5.41, 5.74) is -0.492. The summed E-state index contributed by atoms with van der Waals surface area (Å²) in [7, 11) is 0. The van der Waals surface area contributed by atoms with Gasteiger partial charge in [-0.3, -0.25) is 14.3 Å². The van der Waals surface area contributed by atoms with Crippen molar-refractivity contribution in [3.8, 4) is 6.01 Å². The number of ether oxygens (including phenoxy) is 1. The molecule has 1 atom stereocenters. The van der Waals surface area contributed by atoms with E-state index in [1.807, 2.05) is 36.1 Å². The number of imidazole rings is 1. The van der Waals surface area contributed by atoms with Gasteiger partial charge in [-0.05, 0) is 36.1 Å². The summed E-state index contributed by atoms with van der Waals surface area (Å²) in [6.45, 7) is 6.04. The molecule has 1 aromatic heterocycles. The highest BCUT2D eigenvalue weighted by Crippen LogP contribution is 2.31. The summed E-state index contributed by atoms with van der Waals surface area (Å²) in [6.07, 6.45) is 1.41. The maximum absolute atomic E-state index is 12.5. The zero-order chi connectivity index (χ0) is 21.3. The Balaban J connectivity index is 1.23. The molecule has 0 bridgehead atoms. The molecule has 160 valence electrons. The second-order valence-electron chi connectivity index (χ2n) is 7.72. The Kier molecular flexibility index (Phi) is 5.90. The number of hydrogen-bond donors (Lipinski definition) is 0. The SMILES string of the molecule is C[C@]1(CN2CCN(C(=O)CSc3ccc(Cl)cc3)CC2)Cn2cc([N+](=O)[O-])nc2O1. The third kappa shape index (κ3) is 4.71. The number of nitro groups is 1. The van der Waals surface area contributed by atoms with Crippen molar-refractivity contribution in [1.82, 2.24) is 19.4 Å². The van der Waals surface area contributed by atoms with Crippen molar-refractivity contribution < 1.29 is 14.5 Å². The zero-order valence-electron chi connectivity index (χ0n) is 16.5. The van der Waals surface area contributed by atoms with Crippen LogP contribution in [0.2, 0.25) is 5.02 Å². The molecule has 0 saturated carbocycles. The number of fused-ring (bicyclic) bond motifs is 1. The van der Waals surface area contributed by atoms with E-state index in [0.717, 1.165) is 18.0 Å². The Bertz CT molecular complexity index is 919. The number of carbonyl (C=O) groups is 1. The fourth-order valence-corrected chi connectivity index (χ4v) is 4.69. The van der Waals surface area contributed by atoms with Gasteiger partial charge in [-0.25, -0.2) is 0 Å². The molecule has 2 aliphatic heterocycles. The summed E-state index contributed by atoms with van der Waals surface area (Å²) in [5.74, 6) is 0.337. The first kappa shape index (κ1) is 21.0. The first-order chi connectivity index (χ1) is 14.3. The molecule has 2 aliphatic rings. The first-order valence-corrected chi connectivity index (χ1v) is 11.0. The lowest BCUT2D eigenvalue weighted by molar-refractivity contribution is -0.389. The van der Waals surface area contributed by atoms with Crippen molar-refractivity contribution in [3.63, 3.8) is 0 Å². The summed E-state index contributed by atoms with van der Waals surface area (Å²) in [6, 6.07) is 7.77. The standard InChI is InChI=1S/C19H22ClN5O4S/c1-19(13-24-10-16(25(27)28)21-18(24)29-19)12-22-6-8-23(9-7-22)17(26)11-30-15-4-2-14(20)3-5-15/h2-5,10H,6-9,11-13H2,1H3/t19-/m0/s1. The topological polar surface area (TPSA) is 93.7 Å². The summed E-state index contributed by atoms with van der Waals surface area (Å²) in [5, 5.41) is 11.5. The van der Waals surface area contributed by atoms with Crippen LogP contribution >= 0.6 is 23.4 Å². The number of amides is 1. The Morgan fingerprint density at radius 1 is 1.30 bits per heavy atom. The van der Waals surface area contributed by atoms with Crippen LogP contribution in [-0.2, 0) is 11.3 Å². The fourth-order valence-electron chi connectivity index (χ4n) is 3.76. The van der Waals surface area contributed by atoms with E-state index in [-0.39, 0.29) is 17.7 Å². The van der Waals surface area contributed by atoms with Crippen LogP contribution in [-0.4, -0.2) is 74.3 Å². The van der Waals surface area contributed by atoms with Gasteiger partial charge in [0.25, 0.3) is 0 Å². The highest BCUT2D eigenvalue weighted by atomic mass is 35.5. The molecular formula is C19H22ClN5O4S. The molecule has 4 rings (SSSR count). The fraction of sp³-hybridized carbons (Fsp3) is 0.474. The van der Waals surface area contributed by atoms with Gasteiger partial charge in [-0.2, -0.15) is 0 Å². The molecular weight excluding hydrogens is 430 g/mol. The van der Waals surface area contributed by atoms with Gasteiger partial charge in [0, 0.05) is 47.6 Å². The van der Waals surface area contributed by atoms with Gasteiger partial charge in [-0.15, -0.1) is 11.8 Å². The normalized spacial score (nSPS) is 21.3. The molecule has 3 heterocycles. The Hall–Kier alpha value is -2.30. The quantitative estimate of drug-likeness (QED) is 0.378. The van der Waals surface area contributed by atoms with Gasteiger partial charge in [0.2, 0.25) is 5.91 Å². The van der Waals surface area contributed by atoms with Crippen LogP contribution in [0.25, 0.3) is 0 Å². The number of thioether (sulfide) groups is 1. The molecule has 0 spiro atoms. The maximum Gasteiger partial charge on any atom is 0.415 e. The lowest BCUT2D eigenvalue weighted by Crippen LogP contribution is -2.54. The highest BCUT2D eigenvalue weighted by Gasteiger charge is 2.41. The second kappa shape index (κ2) is 8.44. The number of benzene rings is 1. The average molecular weight is 452 g/mol. The lowest BCUT2D eigenvalue weighted by atomic mass is 10.1. The number of hydrogen-bond acceptors (Lipinski definition) is 7. The summed E-state index contributed by atoms with van der Waals surface area (Å²) in [4.78, 5) is 31.9. The molecule has 1 saturated heterocycles. The molecule has 1 fully saturated rings. The van der Waals surface area contributed by atoms with Crippen molar-refractivity contribution in [1.29, 1.82) is 0 Å². The summed E-state index contributed by atoms with van der Waals surface area (Å²) >= 11 is 7.40. The van der Waals surface area contributed by atoms with E-state index in [1.165, 1.54) is 18.0 Å². The number of nitrogens with zero attached hydrogens (tertiary/aromatic N) is 5. The van der Waals surface area contributed by atoms with Crippen LogP contribution in [0.15, 0.2) is 35.4 Å². The molecule has 2 aromatic rings. The first-order valence-electron chi connectivity index (χ1n) is 9.60. The Morgan fingerprint density at radius 2 is 2.00 bits per heavy atom. The van der Waals surface area contributed by atoms with Crippen LogP contribution in [0.4, 0.5) is 5.82 Å². The number of piperazine rings is 1. The van der Waals surface area contributed by atoms with Crippen molar-refractivity contribution in [2.24, 2.45) is 0 Å². The van der Waals surface area contributed by atoms with E-state index >= 15 is 0 Å². The van der Waals surface area contributed by atoms with Crippen LogP contribution < -0.4 is 4.74 Å². The van der Waals surface area contributed by atoms with Crippen LogP contribution in [0, 0.1) is 10.1 Å².